The van der Waals surface area contributed by atoms with Gasteiger partial charge in [0.15, 0.2) is 0 Å². The Hall–Kier alpha value is -2.58. The molecule has 9 heteroatoms. The molecule has 2 aromatic rings. The minimum Gasteiger partial charge on any atom is -0.354 e. The summed E-state index contributed by atoms with van der Waals surface area (Å²) in [5.74, 6) is -0.473. The zero-order chi connectivity index (χ0) is 25.5. The number of anilines is 1. The van der Waals surface area contributed by atoms with Crippen molar-refractivity contribution in [3.63, 3.8) is 0 Å². The van der Waals surface area contributed by atoms with Crippen LogP contribution >= 0.6 is 11.6 Å². The molecule has 0 heterocycles. The van der Waals surface area contributed by atoms with Crippen molar-refractivity contribution in [1.82, 2.24) is 10.2 Å². The number of para-hydroxylation sites is 1. The van der Waals surface area contributed by atoms with Crippen molar-refractivity contribution in [1.29, 1.82) is 0 Å². The molecule has 0 aromatic heterocycles. The maximum absolute atomic E-state index is 13.6. The first-order valence-corrected chi connectivity index (χ1v) is 13.5. The van der Waals surface area contributed by atoms with Crippen LogP contribution < -0.4 is 9.62 Å². The smallest absolute Gasteiger partial charge is 0.244 e. The molecule has 0 unspecified atom stereocenters. The fourth-order valence-corrected chi connectivity index (χ4v) is 4.60. The Labute approximate surface area is 208 Å². The van der Waals surface area contributed by atoms with Crippen LogP contribution in [0.2, 0.25) is 5.02 Å². The largest absolute Gasteiger partial charge is 0.354 e. The Morgan fingerprint density at radius 2 is 1.68 bits per heavy atom. The van der Waals surface area contributed by atoms with E-state index in [0.717, 1.165) is 21.7 Å². The zero-order valence-electron chi connectivity index (χ0n) is 20.4. The van der Waals surface area contributed by atoms with Crippen LogP contribution in [0, 0.1) is 12.8 Å². The van der Waals surface area contributed by atoms with Gasteiger partial charge in [-0.1, -0.05) is 62.7 Å². The molecular weight excluding hydrogens is 474 g/mol. The second-order valence-corrected chi connectivity index (χ2v) is 11.1. The molecule has 0 aliphatic carbocycles. The first-order chi connectivity index (χ1) is 15.9. The summed E-state index contributed by atoms with van der Waals surface area (Å²) in [4.78, 5) is 28.1. The van der Waals surface area contributed by atoms with Gasteiger partial charge >= 0.3 is 0 Å². The zero-order valence-corrected chi connectivity index (χ0v) is 22.0. The van der Waals surface area contributed by atoms with Crippen LogP contribution in [0.3, 0.4) is 0 Å². The van der Waals surface area contributed by atoms with Crippen LogP contribution in [-0.2, 0) is 26.2 Å². The lowest BCUT2D eigenvalue weighted by Crippen LogP contribution is -2.52. The van der Waals surface area contributed by atoms with E-state index in [2.05, 4.69) is 5.32 Å². The maximum atomic E-state index is 13.6. The number of aryl methyl sites for hydroxylation is 1. The van der Waals surface area contributed by atoms with Gasteiger partial charge in [-0.15, -0.1) is 0 Å². The first-order valence-electron chi connectivity index (χ1n) is 11.3. The van der Waals surface area contributed by atoms with Gasteiger partial charge in [-0.05, 0) is 48.6 Å². The van der Waals surface area contributed by atoms with Gasteiger partial charge in [-0.25, -0.2) is 8.42 Å². The van der Waals surface area contributed by atoms with E-state index in [9.17, 15) is 18.0 Å². The number of carbonyl (C=O) groups is 2. The predicted octanol–water partition coefficient (Wildman–Crippen LogP) is 3.99. The number of halogens is 1. The fourth-order valence-electron chi connectivity index (χ4n) is 3.57. The van der Waals surface area contributed by atoms with Crippen LogP contribution in [0.4, 0.5) is 5.69 Å². The van der Waals surface area contributed by atoms with Crippen molar-refractivity contribution in [2.75, 3.05) is 23.7 Å². The standard InChI is InChI=1S/C25H34ClN3O4S/c1-6-22(25(31)27-15-18(2)3)28(16-20-11-13-21(26)14-12-20)24(30)17-29(34(5,32)33)23-10-8-7-9-19(23)4/h7-14,18,22H,6,15-17H2,1-5H3,(H,27,31)/t22-/m1/s1. The highest BCUT2D eigenvalue weighted by Crippen LogP contribution is 2.23. The summed E-state index contributed by atoms with van der Waals surface area (Å²) in [6.45, 7) is 7.82. The molecule has 7 nitrogen and oxygen atoms in total. The molecule has 34 heavy (non-hydrogen) atoms. The summed E-state index contributed by atoms with van der Waals surface area (Å²) in [6, 6.07) is 13.3. The molecular formula is C25H34ClN3O4S. The highest BCUT2D eigenvalue weighted by Gasteiger charge is 2.32. The Balaban J connectivity index is 2.42. The van der Waals surface area contributed by atoms with Gasteiger partial charge in [-0.2, -0.15) is 0 Å². The molecule has 2 rings (SSSR count). The third kappa shape index (κ3) is 7.74. The van der Waals surface area contributed by atoms with Crippen molar-refractivity contribution >= 4 is 39.1 Å². The van der Waals surface area contributed by atoms with Gasteiger partial charge in [0.25, 0.3) is 0 Å². The van der Waals surface area contributed by atoms with Gasteiger partial charge in [0.2, 0.25) is 21.8 Å². The lowest BCUT2D eigenvalue weighted by molar-refractivity contribution is -0.140. The third-order valence-electron chi connectivity index (χ3n) is 5.40. The quantitative estimate of drug-likeness (QED) is 0.498. The lowest BCUT2D eigenvalue weighted by atomic mass is 10.1. The summed E-state index contributed by atoms with van der Waals surface area (Å²) in [5, 5.41) is 3.46. The van der Waals surface area contributed by atoms with E-state index >= 15 is 0 Å². The maximum Gasteiger partial charge on any atom is 0.244 e. The molecule has 2 amide bonds. The average molecular weight is 508 g/mol. The summed E-state index contributed by atoms with van der Waals surface area (Å²) in [7, 11) is -3.75. The number of nitrogens with one attached hydrogen (secondary N) is 1. The number of nitrogens with zero attached hydrogens (tertiary/aromatic N) is 2. The Morgan fingerprint density at radius 3 is 2.21 bits per heavy atom. The second kappa shape index (κ2) is 12.2. The number of hydrogen-bond acceptors (Lipinski definition) is 4. The highest BCUT2D eigenvalue weighted by molar-refractivity contribution is 7.92. The highest BCUT2D eigenvalue weighted by atomic mass is 35.5. The fraction of sp³-hybridized carbons (Fsp3) is 0.440. The molecule has 1 N–H and O–H groups in total. The Bertz CT molecular complexity index is 1090. The minimum atomic E-state index is -3.75. The number of hydrogen-bond donors (Lipinski definition) is 1. The van der Waals surface area contributed by atoms with Gasteiger partial charge in [0, 0.05) is 18.1 Å². The third-order valence-corrected chi connectivity index (χ3v) is 6.78. The van der Waals surface area contributed by atoms with Crippen molar-refractivity contribution < 1.29 is 18.0 Å². The van der Waals surface area contributed by atoms with E-state index in [1.54, 1.807) is 55.5 Å². The number of rotatable bonds is 11. The van der Waals surface area contributed by atoms with E-state index < -0.39 is 28.5 Å². The molecule has 1 atom stereocenters. The molecule has 186 valence electrons. The number of sulfonamides is 1. The summed E-state index contributed by atoms with van der Waals surface area (Å²) >= 11 is 6.01. The van der Waals surface area contributed by atoms with Gasteiger partial charge in [0.1, 0.15) is 12.6 Å². The lowest BCUT2D eigenvalue weighted by Gasteiger charge is -2.33. The summed E-state index contributed by atoms with van der Waals surface area (Å²) < 4.78 is 26.4. The van der Waals surface area contributed by atoms with Crippen LogP contribution in [-0.4, -0.2) is 50.5 Å². The van der Waals surface area contributed by atoms with E-state index in [4.69, 9.17) is 11.6 Å². The Morgan fingerprint density at radius 1 is 1.06 bits per heavy atom. The van der Waals surface area contributed by atoms with E-state index in [0.29, 0.717) is 23.7 Å². The van der Waals surface area contributed by atoms with Crippen molar-refractivity contribution in [3.05, 3.63) is 64.7 Å². The molecule has 2 aromatic carbocycles. The van der Waals surface area contributed by atoms with Crippen LogP contribution in [0.1, 0.15) is 38.3 Å². The molecule has 0 aliphatic rings. The van der Waals surface area contributed by atoms with Gasteiger partial charge < -0.3 is 10.2 Å². The topological polar surface area (TPSA) is 86.8 Å². The summed E-state index contributed by atoms with van der Waals surface area (Å²) in [5.41, 5.74) is 1.95. The molecule has 0 saturated carbocycles. The molecule has 0 saturated heterocycles. The Kier molecular flexibility index (Phi) is 9.94. The van der Waals surface area contributed by atoms with Crippen LogP contribution in [0.15, 0.2) is 48.5 Å². The van der Waals surface area contributed by atoms with Gasteiger partial charge in [-0.3, -0.25) is 13.9 Å². The first kappa shape index (κ1) is 27.7. The molecule has 0 radical (unpaired) electrons. The minimum absolute atomic E-state index is 0.148. The van der Waals surface area contributed by atoms with Crippen LogP contribution in [0.25, 0.3) is 0 Å². The summed E-state index contributed by atoms with van der Waals surface area (Å²) in [6.07, 6.45) is 1.45. The van der Waals surface area contributed by atoms with E-state index in [-0.39, 0.29) is 18.4 Å². The molecule has 0 bridgehead atoms. The van der Waals surface area contributed by atoms with Crippen molar-refractivity contribution in [3.8, 4) is 0 Å². The van der Waals surface area contributed by atoms with Crippen molar-refractivity contribution in [2.24, 2.45) is 5.92 Å². The number of carbonyl (C=O) groups excluding carboxylic acids is 2. The van der Waals surface area contributed by atoms with E-state index in [1.165, 1.54) is 4.90 Å². The molecule has 0 aliphatic heterocycles. The molecule has 0 spiro atoms. The normalized spacial score (nSPS) is 12.3. The van der Waals surface area contributed by atoms with Gasteiger partial charge in [0.05, 0.1) is 11.9 Å². The second-order valence-electron chi connectivity index (χ2n) is 8.77. The average Bonchev–Trinajstić information content (AvgIpc) is 2.77. The number of amides is 2. The van der Waals surface area contributed by atoms with E-state index in [1.807, 2.05) is 20.8 Å². The van der Waals surface area contributed by atoms with Crippen molar-refractivity contribution in [2.45, 2.75) is 46.7 Å². The van der Waals surface area contributed by atoms with Crippen LogP contribution in [0.5, 0.6) is 0 Å². The molecule has 0 fully saturated rings. The monoisotopic (exact) mass is 507 g/mol. The SMILES string of the molecule is CC[C@H](C(=O)NCC(C)C)N(Cc1ccc(Cl)cc1)C(=O)CN(c1ccccc1C)S(C)(=O)=O. The predicted molar refractivity (Wildman–Crippen MR) is 137 cm³/mol. The number of benzene rings is 2.